The molecule has 0 unspecified atom stereocenters. The van der Waals surface area contributed by atoms with Crippen molar-refractivity contribution < 1.29 is 18.3 Å². The van der Waals surface area contributed by atoms with Crippen LogP contribution in [-0.2, 0) is 4.74 Å². The third kappa shape index (κ3) is 5.68. The van der Waals surface area contributed by atoms with Crippen molar-refractivity contribution in [3.05, 3.63) is 57.6 Å². The van der Waals surface area contributed by atoms with E-state index >= 15 is 0 Å². The number of morpholine rings is 1. The molecule has 2 aromatic carbocycles. The Labute approximate surface area is 204 Å². The molecule has 0 saturated carbocycles. The third-order valence-electron chi connectivity index (χ3n) is 5.00. The van der Waals surface area contributed by atoms with Crippen LogP contribution in [0.4, 0.5) is 13.9 Å². The first kappa shape index (κ1) is 25.1. The summed E-state index contributed by atoms with van der Waals surface area (Å²) >= 11 is 13.3. The van der Waals surface area contributed by atoms with E-state index in [0.29, 0.717) is 35.9 Å². The van der Waals surface area contributed by atoms with Crippen LogP contribution in [-0.4, -0.2) is 55.2 Å². The highest BCUT2D eigenvalue weighted by molar-refractivity contribution is 7.22. The lowest BCUT2D eigenvalue weighted by molar-refractivity contribution is 0.0376. The van der Waals surface area contributed by atoms with E-state index in [4.69, 9.17) is 27.9 Å². The second kappa shape index (κ2) is 11.0. The molecule has 0 aliphatic carbocycles. The highest BCUT2D eigenvalue weighted by Gasteiger charge is 2.24. The molecule has 4 rings (SSSR count). The quantitative estimate of drug-likeness (QED) is 0.418. The number of rotatable bonds is 6. The lowest BCUT2D eigenvalue weighted by atomic mass is 10.2. The molecule has 1 aliphatic heterocycles. The van der Waals surface area contributed by atoms with Gasteiger partial charge in [0, 0.05) is 37.3 Å². The molecular weight excluding hydrogens is 503 g/mol. The van der Waals surface area contributed by atoms with Crippen LogP contribution in [0.1, 0.15) is 16.8 Å². The number of ether oxygens (including phenoxy) is 1. The number of anilines is 1. The van der Waals surface area contributed by atoms with Gasteiger partial charge in [0.1, 0.15) is 11.3 Å². The summed E-state index contributed by atoms with van der Waals surface area (Å²) in [5.41, 5.74) is 0.304. The topological polar surface area (TPSA) is 45.7 Å². The van der Waals surface area contributed by atoms with E-state index in [1.807, 2.05) is 0 Å². The first-order chi connectivity index (χ1) is 14.9. The van der Waals surface area contributed by atoms with Gasteiger partial charge in [-0.05, 0) is 30.7 Å². The number of fused-ring (bicyclic) bond motifs is 1. The molecule has 0 atom stereocenters. The van der Waals surface area contributed by atoms with Crippen molar-refractivity contribution in [2.24, 2.45) is 0 Å². The Morgan fingerprint density at radius 2 is 1.94 bits per heavy atom. The number of amides is 1. The van der Waals surface area contributed by atoms with Crippen molar-refractivity contribution in [1.82, 2.24) is 9.88 Å². The number of thiazole rings is 1. The fourth-order valence-corrected chi connectivity index (χ4v) is 4.95. The molecule has 11 heteroatoms. The van der Waals surface area contributed by atoms with Crippen molar-refractivity contribution in [1.29, 1.82) is 0 Å². The maximum atomic E-state index is 14.2. The lowest BCUT2D eigenvalue weighted by Gasteiger charge is -2.27. The van der Waals surface area contributed by atoms with Crippen LogP contribution in [0.25, 0.3) is 10.2 Å². The van der Waals surface area contributed by atoms with Gasteiger partial charge in [0.15, 0.2) is 10.9 Å². The summed E-state index contributed by atoms with van der Waals surface area (Å²) in [6.07, 6.45) is 0.670. The van der Waals surface area contributed by atoms with E-state index < -0.39 is 11.6 Å². The van der Waals surface area contributed by atoms with Crippen molar-refractivity contribution in [3.8, 4) is 0 Å². The van der Waals surface area contributed by atoms with Crippen molar-refractivity contribution in [2.45, 2.75) is 6.42 Å². The number of hydrogen-bond donors (Lipinski definition) is 0. The summed E-state index contributed by atoms with van der Waals surface area (Å²) in [6, 6.07) is 6.63. The second-order valence-electron chi connectivity index (χ2n) is 7.12. The fourth-order valence-electron chi connectivity index (χ4n) is 3.43. The van der Waals surface area contributed by atoms with E-state index in [1.165, 1.54) is 17.0 Å². The Bertz CT molecular complexity index is 1110. The summed E-state index contributed by atoms with van der Waals surface area (Å²) in [4.78, 5) is 21.4. The molecule has 3 aromatic rings. The van der Waals surface area contributed by atoms with E-state index in [9.17, 15) is 13.6 Å². The average Bonchev–Trinajstić information content (AvgIpc) is 3.15. The zero-order valence-corrected chi connectivity index (χ0v) is 20.0. The number of halogens is 5. The highest BCUT2D eigenvalue weighted by Crippen LogP contribution is 2.33. The molecule has 2 heterocycles. The molecule has 1 aliphatic rings. The Morgan fingerprint density at radius 1 is 1.19 bits per heavy atom. The van der Waals surface area contributed by atoms with Crippen LogP contribution in [0.2, 0.25) is 10.0 Å². The Morgan fingerprint density at radius 3 is 2.66 bits per heavy atom. The molecule has 0 spiro atoms. The van der Waals surface area contributed by atoms with Gasteiger partial charge in [0.2, 0.25) is 0 Å². The number of aromatic nitrogens is 1. The Balaban J connectivity index is 0.00000289. The molecule has 1 aromatic heterocycles. The van der Waals surface area contributed by atoms with Crippen LogP contribution in [0.3, 0.4) is 0 Å². The number of nitrogens with zero attached hydrogens (tertiary/aromatic N) is 3. The molecule has 5 nitrogen and oxygen atoms in total. The molecule has 0 radical (unpaired) electrons. The normalized spacial score (nSPS) is 14.4. The first-order valence-corrected chi connectivity index (χ1v) is 11.3. The lowest BCUT2D eigenvalue weighted by Crippen LogP contribution is -2.39. The van der Waals surface area contributed by atoms with Gasteiger partial charge in [-0.15, -0.1) is 12.4 Å². The molecule has 1 fully saturated rings. The summed E-state index contributed by atoms with van der Waals surface area (Å²) < 4.78 is 33.5. The van der Waals surface area contributed by atoms with Gasteiger partial charge in [-0.3, -0.25) is 14.6 Å². The number of hydrogen-bond acceptors (Lipinski definition) is 5. The molecule has 1 amide bonds. The van der Waals surface area contributed by atoms with Crippen molar-refractivity contribution in [3.63, 3.8) is 0 Å². The van der Waals surface area contributed by atoms with Crippen molar-refractivity contribution >= 4 is 68.2 Å². The van der Waals surface area contributed by atoms with Gasteiger partial charge < -0.3 is 4.74 Å². The number of carbonyl (C=O) groups is 1. The smallest absolute Gasteiger partial charge is 0.261 e. The van der Waals surface area contributed by atoms with E-state index in [0.717, 1.165) is 37.0 Å². The Hall–Kier alpha value is -1.55. The maximum Gasteiger partial charge on any atom is 0.261 e. The molecule has 1 saturated heterocycles. The predicted octanol–water partition coefficient (Wildman–Crippen LogP) is 5.67. The predicted molar refractivity (Wildman–Crippen MR) is 127 cm³/mol. The minimum Gasteiger partial charge on any atom is -0.379 e. The number of carbonyl (C=O) groups excluding carboxylic acids is 1. The van der Waals surface area contributed by atoms with Crippen LogP contribution in [0.15, 0.2) is 30.3 Å². The van der Waals surface area contributed by atoms with Gasteiger partial charge in [-0.1, -0.05) is 34.5 Å². The highest BCUT2D eigenvalue weighted by atomic mass is 35.5. The van der Waals surface area contributed by atoms with Gasteiger partial charge in [0.25, 0.3) is 5.91 Å². The van der Waals surface area contributed by atoms with E-state index in [2.05, 4.69) is 9.88 Å². The van der Waals surface area contributed by atoms with Gasteiger partial charge in [-0.2, -0.15) is 0 Å². The molecule has 172 valence electrons. The summed E-state index contributed by atoms with van der Waals surface area (Å²) in [5.74, 6) is -1.82. The molecule has 32 heavy (non-hydrogen) atoms. The van der Waals surface area contributed by atoms with Gasteiger partial charge in [0.05, 0.1) is 28.5 Å². The Kier molecular flexibility index (Phi) is 8.66. The summed E-state index contributed by atoms with van der Waals surface area (Å²) in [5, 5.41) is 0.921. The SMILES string of the molecule is Cl.O=C(c1ccc(Cl)cc1Cl)N(CCCN1CCOCC1)c1nc2c(F)cc(F)cc2s1. The van der Waals surface area contributed by atoms with Crippen molar-refractivity contribution in [2.75, 3.05) is 44.3 Å². The second-order valence-corrected chi connectivity index (χ2v) is 8.97. The van der Waals surface area contributed by atoms with Crippen LogP contribution in [0.5, 0.6) is 0 Å². The van der Waals surface area contributed by atoms with E-state index in [1.54, 1.807) is 12.1 Å². The van der Waals surface area contributed by atoms with E-state index in [-0.39, 0.29) is 39.5 Å². The largest absolute Gasteiger partial charge is 0.379 e. The minimum absolute atomic E-state index is 0. The zero-order valence-electron chi connectivity index (χ0n) is 16.8. The minimum atomic E-state index is -0.761. The molecular formula is C21H20Cl3F2N3O2S. The monoisotopic (exact) mass is 521 g/mol. The first-order valence-electron chi connectivity index (χ1n) is 9.75. The van der Waals surface area contributed by atoms with Crippen LogP contribution >= 0.6 is 46.9 Å². The van der Waals surface area contributed by atoms with Crippen LogP contribution < -0.4 is 4.90 Å². The van der Waals surface area contributed by atoms with Gasteiger partial charge in [-0.25, -0.2) is 13.8 Å². The van der Waals surface area contributed by atoms with Gasteiger partial charge >= 0.3 is 0 Å². The maximum absolute atomic E-state index is 14.2. The summed E-state index contributed by atoms with van der Waals surface area (Å²) in [6.45, 7) is 4.16. The molecule has 0 N–H and O–H groups in total. The zero-order chi connectivity index (χ0) is 22.0. The molecule has 0 bridgehead atoms. The third-order valence-corrected chi connectivity index (χ3v) is 6.57. The average molecular weight is 523 g/mol. The summed E-state index contributed by atoms with van der Waals surface area (Å²) in [7, 11) is 0. The number of benzene rings is 2. The fraction of sp³-hybridized carbons (Fsp3) is 0.333. The van der Waals surface area contributed by atoms with Crippen LogP contribution in [0, 0.1) is 11.6 Å². The standard InChI is InChI=1S/C21H19Cl2F2N3O2S.ClH/c22-13-2-3-15(16(23)10-13)20(29)28(5-1-4-27-6-8-30-9-7-27)21-26-19-17(25)11-14(24)12-18(19)31-21;/h2-3,10-12H,1,4-9H2;1H.